The molecule has 2 aromatic heterocycles. The summed E-state index contributed by atoms with van der Waals surface area (Å²) in [6.07, 6.45) is 3.33. The largest absolute Gasteiger partial charge is 0.341 e. The highest BCUT2D eigenvalue weighted by Crippen LogP contribution is 2.27. The summed E-state index contributed by atoms with van der Waals surface area (Å²) in [7, 11) is 0. The van der Waals surface area contributed by atoms with E-state index in [1.807, 2.05) is 43.9 Å². The van der Waals surface area contributed by atoms with Crippen LogP contribution in [0.3, 0.4) is 0 Å². The van der Waals surface area contributed by atoms with Crippen molar-refractivity contribution >= 4 is 17.5 Å². The summed E-state index contributed by atoms with van der Waals surface area (Å²) in [4.78, 5) is 24.1. The predicted octanol–water partition coefficient (Wildman–Crippen LogP) is 2.18. The average Bonchev–Trinajstić information content (AvgIpc) is 3.24. The van der Waals surface area contributed by atoms with Crippen LogP contribution in [0.5, 0.6) is 0 Å². The maximum Gasteiger partial charge on any atom is 0.255 e. The number of amides is 1. The Kier molecular flexibility index (Phi) is 6.50. The zero-order valence-corrected chi connectivity index (χ0v) is 16.9. The van der Waals surface area contributed by atoms with Crippen LogP contribution in [-0.4, -0.2) is 44.0 Å². The van der Waals surface area contributed by atoms with Crippen LogP contribution in [0.1, 0.15) is 41.6 Å². The molecular weight excluding hydrogens is 368 g/mol. The van der Waals surface area contributed by atoms with Crippen molar-refractivity contribution in [3.63, 3.8) is 0 Å². The van der Waals surface area contributed by atoms with E-state index in [0.29, 0.717) is 35.1 Å². The number of hydrogen-bond acceptors (Lipinski definition) is 7. The summed E-state index contributed by atoms with van der Waals surface area (Å²) in [6.45, 7) is 7.85. The first-order valence-electron chi connectivity index (χ1n) is 9.63. The van der Waals surface area contributed by atoms with E-state index in [4.69, 9.17) is 10.7 Å². The molecule has 9 heteroatoms. The van der Waals surface area contributed by atoms with Gasteiger partial charge in [-0.1, -0.05) is 23.4 Å². The number of aryl methyl sites for hydroxylation is 1. The van der Waals surface area contributed by atoms with E-state index in [1.54, 1.807) is 29.2 Å². The monoisotopic (exact) mass is 394 g/mol. The van der Waals surface area contributed by atoms with E-state index in [9.17, 15) is 4.79 Å². The number of benzene rings is 1. The molecule has 1 amide bonds. The van der Waals surface area contributed by atoms with Gasteiger partial charge in [-0.15, -0.1) is 5.10 Å². The number of nitrogens with zero attached hydrogens (tertiary/aromatic N) is 6. The second kappa shape index (κ2) is 9.24. The molecule has 1 aromatic carbocycles. The van der Waals surface area contributed by atoms with Crippen LogP contribution in [0.25, 0.3) is 0 Å². The third-order valence-electron chi connectivity index (χ3n) is 4.63. The lowest BCUT2D eigenvalue weighted by Gasteiger charge is -2.23. The normalized spacial score (nSPS) is 11.9. The molecule has 3 rings (SSSR count). The van der Waals surface area contributed by atoms with Crippen molar-refractivity contribution < 1.29 is 4.79 Å². The number of nitrogens with one attached hydrogen (secondary N) is 1. The van der Waals surface area contributed by atoms with Crippen LogP contribution >= 0.6 is 0 Å². The zero-order chi connectivity index (χ0) is 20.8. The Bertz CT molecular complexity index is 939. The van der Waals surface area contributed by atoms with Gasteiger partial charge < -0.3 is 16.0 Å². The van der Waals surface area contributed by atoms with Crippen molar-refractivity contribution in [1.29, 1.82) is 0 Å². The SMILES string of the molecule is CCN(CC)c1nc(C)c(NC(=O)c2ccccc2)c(C(N)Cn2ccnn2)n1. The number of hydrogen-bond donors (Lipinski definition) is 2. The van der Waals surface area contributed by atoms with Gasteiger partial charge in [-0.05, 0) is 32.9 Å². The summed E-state index contributed by atoms with van der Waals surface area (Å²) in [5.74, 6) is 0.358. The fourth-order valence-corrected chi connectivity index (χ4v) is 3.04. The Morgan fingerprint density at radius 2 is 1.93 bits per heavy atom. The number of aromatic nitrogens is 5. The lowest BCUT2D eigenvalue weighted by atomic mass is 10.1. The van der Waals surface area contributed by atoms with Crippen LogP contribution in [0.4, 0.5) is 11.6 Å². The average molecular weight is 394 g/mol. The van der Waals surface area contributed by atoms with Crippen LogP contribution in [0.15, 0.2) is 42.7 Å². The zero-order valence-electron chi connectivity index (χ0n) is 16.9. The number of carbonyl (C=O) groups excluding carboxylic acids is 1. The molecule has 152 valence electrons. The Balaban J connectivity index is 1.99. The second-order valence-corrected chi connectivity index (χ2v) is 6.59. The van der Waals surface area contributed by atoms with Crippen molar-refractivity contribution in [3.05, 3.63) is 59.7 Å². The van der Waals surface area contributed by atoms with Crippen LogP contribution in [-0.2, 0) is 6.54 Å². The number of nitrogens with two attached hydrogens (primary N) is 1. The van der Waals surface area contributed by atoms with E-state index in [0.717, 1.165) is 13.1 Å². The molecule has 0 spiro atoms. The third kappa shape index (κ3) is 4.75. The lowest BCUT2D eigenvalue weighted by molar-refractivity contribution is 0.102. The van der Waals surface area contributed by atoms with Crippen molar-refractivity contribution in [3.8, 4) is 0 Å². The molecule has 0 fully saturated rings. The molecule has 1 unspecified atom stereocenters. The smallest absolute Gasteiger partial charge is 0.255 e. The molecule has 3 N–H and O–H groups in total. The summed E-state index contributed by atoms with van der Waals surface area (Å²) in [6, 6.07) is 8.51. The third-order valence-corrected chi connectivity index (χ3v) is 4.63. The van der Waals surface area contributed by atoms with Crippen molar-refractivity contribution in [2.75, 3.05) is 23.3 Å². The highest BCUT2D eigenvalue weighted by atomic mass is 16.1. The molecule has 0 aliphatic heterocycles. The van der Waals surface area contributed by atoms with Gasteiger partial charge in [-0.2, -0.15) is 0 Å². The fraction of sp³-hybridized carbons (Fsp3) is 0.350. The second-order valence-electron chi connectivity index (χ2n) is 6.59. The lowest BCUT2D eigenvalue weighted by Crippen LogP contribution is -2.28. The standard InChI is InChI=1S/C20H26N8O/c1-4-27(5-2)20-23-14(3)17(24-19(29)15-9-7-6-8-10-15)18(25-20)16(21)13-28-12-11-22-26-28/h6-12,16H,4-5,13,21H2,1-3H3,(H,24,29). The number of anilines is 2. The van der Waals surface area contributed by atoms with Crippen LogP contribution in [0.2, 0.25) is 0 Å². The highest BCUT2D eigenvalue weighted by molar-refractivity contribution is 6.04. The molecule has 3 aromatic rings. The van der Waals surface area contributed by atoms with Crippen LogP contribution in [0, 0.1) is 6.92 Å². The molecule has 29 heavy (non-hydrogen) atoms. The Morgan fingerprint density at radius 3 is 2.55 bits per heavy atom. The summed E-state index contributed by atoms with van der Waals surface area (Å²) >= 11 is 0. The fourth-order valence-electron chi connectivity index (χ4n) is 3.04. The molecule has 0 saturated carbocycles. The Hall–Kier alpha value is -3.33. The van der Waals surface area contributed by atoms with Gasteiger partial charge in [0.05, 0.1) is 35.9 Å². The minimum atomic E-state index is -0.501. The van der Waals surface area contributed by atoms with E-state index >= 15 is 0 Å². The molecule has 1 atom stereocenters. The van der Waals surface area contributed by atoms with Crippen LogP contribution < -0.4 is 16.0 Å². The summed E-state index contributed by atoms with van der Waals surface area (Å²) < 4.78 is 1.64. The molecule has 0 aliphatic carbocycles. The van der Waals surface area contributed by atoms with Gasteiger partial charge in [0.15, 0.2) is 0 Å². The van der Waals surface area contributed by atoms with Gasteiger partial charge in [0.2, 0.25) is 5.95 Å². The predicted molar refractivity (Wildman–Crippen MR) is 112 cm³/mol. The first kappa shape index (κ1) is 20.4. The molecular formula is C20H26N8O. The molecule has 2 heterocycles. The van der Waals surface area contributed by atoms with Crippen molar-refractivity contribution in [2.45, 2.75) is 33.4 Å². The van der Waals surface area contributed by atoms with Gasteiger partial charge in [0.25, 0.3) is 5.91 Å². The first-order valence-corrected chi connectivity index (χ1v) is 9.63. The molecule has 0 radical (unpaired) electrons. The molecule has 0 aliphatic rings. The minimum Gasteiger partial charge on any atom is -0.341 e. The quantitative estimate of drug-likeness (QED) is 0.602. The first-order chi connectivity index (χ1) is 14.0. The maximum atomic E-state index is 12.7. The van der Waals surface area contributed by atoms with Gasteiger partial charge >= 0.3 is 0 Å². The number of carbonyl (C=O) groups is 1. The van der Waals surface area contributed by atoms with Gasteiger partial charge in [-0.25, -0.2) is 9.97 Å². The van der Waals surface area contributed by atoms with Gasteiger partial charge in [0.1, 0.15) is 0 Å². The molecule has 9 nitrogen and oxygen atoms in total. The highest BCUT2D eigenvalue weighted by Gasteiger charge is 2.22. The van der Waals surface area contributed by atoms with E-state index < -0.39 is 6.04 Å². The van der Waals surface area contributed by atoms with Gasteiger partial charge in [0, 0.05) is 24.8 Å². The van der Waals surface area contributed by atoms with Gasteiger partial charge in [-0.3, -0.25) is 9.48 Å². The number of rotatable bonds is 8. The molecule has 0 saturated heterocycles. The van der Waals surface area contributed by atoms with Crippen molar-refractivity contribution in [1.82, 2.24) is 25.0 Å². The maximum absolute atomic E-state index is 12.7. The van der Waals surface area contributed by atoms with E-state index in [-0.39, 0.29) is 5.91 Å². The van der Waals surface area contributed by atoms with E-state index in [2.05, 4.69) is 20.6 Å². The molecule has 0 bridgehead atoms. The minimum absolute atomic E-state index is 0.234. The van der Waals surface area contributed by atoms with Crippen molar-refractivity contribution in [2.24, 2.45) is 5.73 Å². The Labute approximate surface area is 170 Å². The Morgan fingerprint density at radius 1 is 1.21 bits per heavy atom. The summed E-state index contributed by atoms with van der Waals surface area (Å²) in [5, 5.41) is 10.7. The van der Waals surface area contributed by atoms with E-state index in [1.165, 1.54) is 0 Å². The summed E-state index contributed by atoms with van der Waals surface area (Å²) in [5.41, 5.74) is 8.79. The topological polar surface area (TPSA) is 115 Å².